The summed E-state index contributed by atoms with van der Waals surface area (Å²) in [6.45, 7) is 5.30. The fraction of sp³-hybridized carbons (Fsp3) is 1.00. The van der Waals surface area contributed by atoms with Gasteiger partial charge in [0.2, 0.25) is 0 Å². The lowest BCUT2D eigenvalue weighted by Crippen LogP contribution is -2.29. The van der Waals surface area contributed by atoms with Gasteiger partial charge in [-0.1, -0.05) is 13.8 Å². The highest BCUT2D eigenvalue weighted by molar-refractivity contribution is 5.00. The molecule has 2 aliphatic heterocycles. The van der Waals surface area contributed by atoms with Gasteiger partial charge in [0.15, 0.2) is 0 Å². The second kappa shape index (κ2) is 3.55. The number of fused-ring (bicyclic) bond motifs is 1. The van der Waals surface area contributed by atoms with Gasteiger partial charge in [-0.15, -0.1) is 0 Å². The summed E-state index contributed by atoms with van der Waals surface area (Å²) >= 11 is 0. The van der Waals surface area contributed by atoms with Gasteiger partial charge in [-0.3, -0.25) is 9.80 Å². The van der Waals surface area contributed by atoms with Crippen LogP contribution in [-0.2, 0) is 0 Å². The van der Waals surface area contributed by atoms with E-state index in [1.54, 1.807) is 0 Å². The van der Waals surface area contributed by atoms with Gasteiger partial charge in [0.05, 0.1) is 6.17 Å². The van der Waals surface area contributed by atoms with Crippen molar-refractivity contribution < 1.29 is 0 Å². The molecule has 0 aromatic heterocycles. The van der Waals surface area contributed by atoms with Crippen molar-refractivity contribution in [1.82, 2.24) is 9.80 Å². The number of hydrogen-bond acceptors (Lipinski definition) is 2. The average molecular weight is 156 g/mol. The summed E-state index contributed by atoms with van der Waals surface area (Å²) in [6, 6.07) is 0.906. The Morgan fingerprint density at radius 3 is 2.27 bits per heavy atom. The summed E-state index contributed by atoms with van der Waals surface area (Å²) in [5.74, 6) is 0. The highest BCUT2D eigenvalue weighted by Gasteiger charge is 2.48. The maximum Gasteiger partial charge on any atom is 0.0781 e. The predicted octanol–water partition coefficient (Wildman–Crippen LogP) is 1.38. The molecule has 0 radical (unpaired) electrons. The van der Waals surface area contributed by atoms with E-state index in [1.165, 1.54) is 19.4 Å². The number of likely N-dealkylation sites (tertiary alicyclic amines) is 1. The van der Waals surface area contributed by atoms with E-state index in [0.29, 0.717) is 0 Å². The minimum Gasteiger partial charge on any atom is -0.290 e. The standard InChI is InChI=1S/C7H14N2.C2H6/c1-8-5-3-4-6-7(8)9(6)2;1-2/h6-7H,3-5H2,1-2H3;1-2H3. The Kier molecular flexibility index (Phi) is 2.90. The number of rotatable bonds is 0. The van der Waals surface area contributed by atoms with E-state index in [1.807, 2.05) is 13.8 Å². The van der Waals surface area contributed by atoms with Crippen molar-refractivity contribution in [2.45, 2.75) is 38.9 Å². The van der Waals surface area contributed by atoms with Crippen LogP contribution in [0.4, 0.5) is 0 Å². The summed E-state index contributed by atoms with van der Waals surface area (Å²) in [4.78, 5) is 4.90. The monoisotopic (exact) mass is 156 g/mol. The molecule has 2 saturated heterocycles. The average Bonchev–Trinajstić information content (AvgIpc) is 2.69. The van der Waals surface area contributed by atoms with Crippen molar-refractivity contribution in [3.63, 3.8) is 0 Å². The Labute approximate surface area is 70.2 Å². The molecule has 2 nitrogen and oxygen atoms in total. The highest BCUT2D eigenvalue weighted by Crippen LogP contribution is 2.35. The summed E-state index contributed by atoms with van der Waals surface area (Å²) in [5, 5.41) is 0. The minimum absolute atomic E-state index is 0.804. The SMILES string of the molecule is CC.CN1CCCC2C1N2C. The number of likely N-dealkylation sites (N-methyl/N-ethyl adjacent to an activating group) is 2. The van der Waals surface area contributed by atoms with Gasteiger partial charge in [0.1, 0.15) is 0 Å². The maximum absolute atomic E-state index is 2.45. The summed E-state index contributed by atoms with van der Waals surface area (Å²) in [7, 11) is 4.44. The molecule has 2 fully saturated rings. The highest BCUT2D eigenvalue weighted by atomic mass is 15.5. The van der Waals surface area contributed by atoms with E-state index in [9.17, 15) is 0 Å². The molecule has 0 N–H and O–H groups in total. The van der Waals surface area contributed by atoms with Crippen LogP contribution in [0.3, 0.4) is 0 Å². The lowest BCUT2D eigenvalue weighted by molar-refractivity contribution is 0.260. The van der Waals surface area contributed by atoms with E-state index in [4.69, 9.17) is 0 Å². The molecule has 0 aromatic carbocycles. The molecule has 3 atom stereocenters. The second-order valence-corrected chi connectivity index (χ2v) is 3.27. The van der Waals surface area contributed by atoms with Crippen LogP contribution in [-0.4, -0.2) is 42.6 Å². The van der Waals surface area contributed by atoms with Gasteiger partial charge in [0, 0.05) is 6.04 Å². The van der Waals surface area contributed by atoms with Crippen molar-refractivity contribution in [2.75, 3.05) is 20.6 Å². The predicted molar refractivity (Wildman–Crippen MR) is 48.6 cm³/mol. The Morgan fingerprint density at radius 1 is 1.18 bits per heavy atom. The van der Waals surface area contributed by atoms with Crippen molar-refractivity contribution >= 4 is 0 Å². The van der Waals surface area contributed by atoms with Crippen molar-refractivity contribution in [1.29, 1.82) is 0 Å². The molecule has 2 rings (SSSR count). The van der Waals surface area contributed by atoms with Crippen LogP contribution in [0, 0.1) is 0 Å². The lowest BCUT2D eigenvalue weighted by atomic mass is 10.1. The minimum atomic E-state index is 0.804. The Balaban J connectivity index is 0.000000281. The summed E-state index contributed by atoms with van der Waals surface area (Å²) in [5.41, 5.74) is 0. The smallest absolute Gasteiger partial charge is 0.0781 e. The Morgan fingerprint density at radius 2 is 1.82 bits per heavy atom. The third-order valence-corrected chi connectivity index (χ3v) is 2.66. The first-order chi connectivity index (χ1) is 5.30. The zero-order chi connectivity index (χ0) is 8.43. The van der Waals surface area contributed by atoms with Gasteiger partial charge < -0.3 is 0 Å². The van der Waals surface area contributed by atoms with Gasteiger partial charge >= 0.3 is 0 Å². The van der Waals surface area contributed by atoms with Crippen LogP contribution in [0.1, 0.15) is 26.7 Å². The number of hydrogen-bond donors (Lipinski definition) is 0. The van der Waals surface area contributed by atoms with Crippen LogP contribution in [0.2, 0.25) is 0 Å². The lowest BCUT2D eigenvalue weighted by Gasteiger charge is -2.18. The van der Waals surface area contributed by atoms with E-state index in [0.717, 1.165) is 12.2 Å². The van der Waals surface area contributed by atoms with Crippen molar-refractivity contribution in [2.24, 2.45) is 0 Å². The van der Waals surface area contributed by atoms with Crippen LogP contribution >= 0.6 is 0 Å². The van der Waals surface area contributed by atoms with Crippen LogP contribution in [0.25, 0.3) is 0 Å². The quantitative estimate of drug-likeness (QED) is 0.489. The largest absolute Gasteiger partial charge is 0.290 e. The van der Waals surface area contributed by atoms with Crippen LogP contribution in [0.15, 0.2) is 0 Å². The van der Waals surface area contributed by atoms with E-state index < -0.39 is 0 Å². The first-order valence-corrected chi connectivity index (χ1v) is 4.73. The topological polar surface area (TPSA) is 6.25 Å². The zero-order valence-electron chi connectivity index (χ0n) is 8.17. The van der Waals surface area contributed by atoms with Gasteiger partial charge in [0.25, 0.3) is 0 Å². The van der Waals surface area contributed by atoms with Gasteiger partial charge in [-0.25, -0.2) is 0 Å². The van der Waals surface area contributed by atoms with E-state index >= 15 is 0 Å². The van der Waals surface area contributed by atoms with Gasteiger partial charge in [-0.2, -0.15) is 0 Å². The molecule has 2 heteroatoms. The molecule has 2 aliphatic rings. The molecule has 2 heterocycles. The number of nitrogens with zero attached hydrogens (tertiary/aromatic N) is 2. The first-order valence-electron chi connectivity index (χ1n) is 4.73. The van der Waals surface area contributed by atoms with Crippen LogP contribution in [0.5, 0.6) is 0 Å². The molecule has 11 heavy (non-hydrogen) atoms. The Bertz CT molecular complexity index is 119. The molecule has 0 saturated carbocycles. The molecule has 0 spiro atoms. The van der Waals surface area contributed by atoms with E-state index in [2.05, 4.69) is 23.9 Å². The maximum atomic E-state index is 2.45. The molecule has 66 valence electrons. The zero-order valence-corrected chi connectivity index (χ0v) is 8.17. The second-order valence-electron chi connectivity index (χ2n) is 3.27. The van der Waals surface area contributed by atoms with E-state index in [-0.39, 0.29) is 0 Å². The summed E-state index contributed by atoms with van der Waals surface area (Å²) in [6.07, 6.45) is 3.62. The molecule has 0 amide bonds. The normalized spacial score (nSPS) is 42.0. The molecule has 0 aromatic rings. The molecule has 3 unspecified atom stereocenters. The third kappa shape index (κ3) is 1.57. The number of piperidine rings is 1. The summed E-state index contributed by atoms with van der Waals surface area (Å²) < 4.78 is 0. The first kappa shape index (κ1) is 9.01. The Hall–Kier alpha value is -0.0800. The molecular formula is C9H20N2. The molecule has 0 bridgehead atoms. The van der Waals surface area contributed by atoms with Gasteiger partial charge in [-0.05, 0) is 33.5 Å². The van der Waals surface area contributed by atoms with Crippen molar-refractivity contribution in [3.8, 4) is 0 Å². The van der Waals surface area contributed by atoms with Crippen molar-refractivity contribution in [3.05, 3.63) is 0 Å². The fourth-order valence-electron chi connectivity index (χ4n) is 2.02. The van der Waals surface area contributed by atoms with Crippen LogP contribution < -0.4 is 0 Å². The fourth-order valence-corrected chi connectivity index (χ4v) is 2.02. The third-order valence-electron chi connectivity index (χ3n) is 2.66. The molecular weight excluding hydrogens is 136 g/mol. The molecule has 0 aliphatic carbocycles.